The fourth-order valence-electron chi connectivity index (χ4n) is 1.71. The maximum Gasteiger partial charge on any atom is 0.191 e. The lowest BCUT2D eigenvalue weighted by Crippen LogP contribution is -2.39. The average molecular weight is 267 g/mol. The number of hydrogen-bond acceptors (Lipinski definition) is 5. The highest BCUT2D eigenvalue weighted by Gasteiger charge is 2.15. The molecule has 1 heterocycles. The van der Waals surface area contributed by atoms with Gasteiger partial charge in [-0.3, -0.25) is 4.99 Å². The molecule has 0 saturated carbocycles. The van der Waals surface area contributed by atoms with Crippen molar-refractivity contribution in [2.24, 2.45) is 4.99 Å². The Morgan fingerprint density at radius 2 is 2.11 bits per heavy atom. The van der Waals surface area contributed by atoms with Crippen LogP contribution in [-0.2, 0) is 9.84 Å². The van der Waals surface area contributed by atoms with E-state index in [1.54, 1.807) is 30.3 Å². The summed E-state index contributed by atoms with van der Waals surface area (Å²) in [6.45, 7) is 3.11. The normalized spacial score (nSPS) is 19.2. The Kier molecular flexibility index (Phi) is 3.86. The van der Waals surface area contributed by atoms with E-state index >= 15 is 0 Å². The van der Waals surface area contributed by atoms with E-state index in [1.807, 2.05) is 6.92 Å². The van der Waals surface area contributed by atoms with Gasteiger partial charge in [-0.25, -0.2) is 8.42 Å². The van der Waals surface area contributed by atoms with Crippen molar-refractivity contribution in [2.45, 2.75) is 17.9 Å². The monoisotopic (exact) mass is 267 g/mol. The van der Waals surface area contributed by atoms with Crippen LogP contribution in [0, 0.1) is 0 Å². The summed E-state index contributed by atoms with van der Waals surface area (Å²) in [6, 6.07) is 8.80. The highest BCUT2D eigenvalue weighted by atomic mass is 32.2. The molecule has 0 spiro atoms. The Hall–Kier alpha value is -1.56. The van der Waals surface area contributed by atoms with Crippen molar-refractivity contribution in [3.63, 3.8) is 0 Å². The van der Waals surface area contributed by atoms with Crippen LogP contribution in [0.3, 0.4) is 0 Å². The topological polar surface area (TPSA) is 70.6 Å². The molecule has 2 N–H and O–H groups in total. The van der Waals surface area contributed by atoms with E-state index in [4.69, 9.17) is 0 Å². The first-order valence-electron chi connectivity index (χ1n) is 5.90. The molecule has 1 aliphatic heterocycles. The van der Waals surface area contributed by atoms with Crippen LogP contribution in [0.2, 0.25) is 0 Å². The Morgan fingerprint density at radius 3 is 2.72 bits per heavy atom. The molecule has 0 bridgehead atoms. The van der Waals surface area contributed by atoms with Crippen LogP contribution >= 0.6 is 0 Å². The smallest absolute Gasteiger partial charge is 0.191 e. The number of benzene rings is 1. The predicted octanol–water partition coefficient (Wildman–Crippen LogP) is 0.398. The zero-order chi connectivity index (χ0) is 13.0. The quantitative estimate of drug-likeness (QED) is 0.828. The van der Waals surface area contributed by atoms with Gasteiger partial charge in [0.2, 0.25) is 0 Å². The molecular formula is C12H17N3O2S. The Balaban J connectivity index is 1.87. The van der Waals surface area contributed by atoms with E-state index in [-0.39, 0.29) is 5.75 Å². The highest BCUT2D eigenvalue weighted by molar-refractivity contribution is 7.91. The van der Waals surface area contributed by atoms with Crippen LogP contribution in [0.1, 0.15) is 6.92 Å². The molecule has 1 unspecified atom stereocenters. The number of sulfone groups is 1. The fourth-order valence-corrected chi connectivity index (χ4v) is 2.89. The Morgan fingerprint density at radius 1 is 1.39 bits per heavy atom. The van der Waals surface area contributed by atoms with Crippen LogP contribution < -0.4 is 10.6 Å². The Bertz CT molecular complexity index is 526. The van der Waals surface area contributed by atoms with Gasteiger partial charge in [0.05, 0.1) is 17.2 Å². The Labute approximate surface area is 107 Å². The third-order valence-electron chi connectivity index (χ3n) is 2.67. The predicted molar refractivity (Wildman–Crippen MR) is 71.4 cm³/mol. The molecule has 0 saturated heterocycles. The van der Waals surface area contributed by atoms with Crippen LogP contribution in [0.25, 0.3) is 0 Å². The van der Waals surface area contributed by atoms with E-state index in [1.165, 1.54) is 0 Å². The van der Waals surface area contributed by atoms with E-state index in [0.717, 1.165) is 6.54 Å². The SMILES string of the molecule is CC1CN=C(NCCS(=O)(=O)c2ccccc2)N1. The van der Waals surface area contributed by atoms with Gasteiger partial charge in [-0.15, -0.1) is 0 Å². The molecule has 0 radical (unpaired) electrons. The minimum atomic E-state index is -3.21. The van der Waals surface area contributed by atoms with Crippen molar-refractivity contribution in [1.29, 1.82) is 0 Å². The molecule has 1 atom stereocenters. The van der Waals surface area contributed by atoms with Crippen LogP contribution in [-0.4, -0.2) is 39.3 Å². The van der Waals surface area contributed by atoms with Gasteiger partial charge in [0.25, 0.3) is 0 Å². The molecule has 5 nitrogen and oxygen atoms in total. The average Bonchev–Trinajstić information content (AvgIpc) is 2.76. The third kappa shape index (κ3) is 3.22. The summed E-state index contributed by atoms with van der Waals surface area (Å²) in [6.07, 6.45) is 0. The third-order valence-corrected chi connectivity index (χ3v) is 4.40. The van der Waals surface area contributed by atoms with Crippen molar-refractivity contribution < 1.29 is 8.42 Å². The van der Waals surface area contributed by atoms with Gasteiger partial charge in [0, 0.05) is 12.6 Å². The summed E-state index contributed by atoms with van der Waals surface area (Å²) in [5, 5.41) is 6.12. The van der Waals surface area contributed by atoms with Gasteiger partial charge in [0.1, 0.15) is 0 Å². The molecule has 18 heavy (non-hydrogen) atoms. The first-order chi connectivity index (χ1) is 8.58. The summed E-state index contributed by atoms with van der Waals surface area (Å²) in [5.41, 5.74) is 0. The van der Waals surface area contributed by atoms with Crippen LogP contribution in [0.15, 0.2) is 40.2 Å². The van der Waals surface area contributed by atoms with Gasteiger partial charge in [-0.2, -0.15) is 0 Å². The number of rotatable bonds is 4. The number of nitrogens with zero attached hydrogens (tertiary/aromatic N) is 1. The molecule has 1 aromatic rings. The van der Waals surface area contributed by atoms with Crippen molar-refractivity contribution in [1.82, 2.24) is 10.6 Å². The zero-order valence-electron chi connectivity index (χ0n) is 10.3. The second-order valence-corrected chi connectivity index (χ2v) is 6.40. The molecule has 98 valence electrons. The summed E-state index contributed by atoms with van der Waals surface area (Å²) in [4.78, 5) is 4.57. The first kappa shape index (κ1) is 12.9. The van der Waals surface area contributed by atoms with Crippen LogP contribution in [0.5, 0.6) is 0 Å². The largest absolute Gasteiger partial charge is 0.355 e. The van der Waals surface area contributed by atoms with Gasteiger partial charge in [0.15, 0.2) is 15.8 Å². The highest BCUT2D eigenvalue weighted by Crippen LogP contribution is 2.09. The molecule has 0 aliphatic carbocycles. The molecule has 0 fully saturated rings. The molecule has 0 aromatic heterocycles. The van der Waals surface area contributed by atoms with Gasteiger partial charge in [-0.1, -0.05) is 18.2 Å². The molecule has 6 heteroatoms. The van der Waals surface area contributed by atoms with Gasteiger partial charge >= 0.3 is 0 Å². The maximum atomic E-state index is 12.0. The number of guanidine groups is 1. The second-order valence-electron chi connectivity index (χ2n) is 4.29. The van der Waals surface area contributed by atoms with E-state index in [0.29, 0.717) is 23.4 Å². The summed E-state index contributed by atoms with van der Waals surface area (Å²) >= 11 is 0. The molecule has 1 aromatic carbocycles. The van der Waals surface area contributed by atoms with E-state index in [9.17, 15) is 8.42 Å². The van der Waals surface area contributed by atoms with Crippen LogP contribution in [0.4, 0.5) is 0 Å². The molecule has 1 aliphatic rings. The lowest BCUT2D eigenvalue weighted by Gasteiger charge is -2.09. The number of aliphatic imine (C=N–C) groups is 1. The lowest BCUT2D eigenvalue weighted by molar-refractivity contribution is 0.594. The summed E-state index contributed by atoms with van der Waals surface area (Å²) < 4.78 is 23.9. The van der Waals surface area contributed by atoms with E-state index < -0.39 is 9.84 Å². The maximum absolute atomic E-state index is 12.0. The van der Waals surface area contributed by atoms with Crippen molar-refractivity contribution in [2.75, 3.05) is 18.8 Å². The second kappa shape index (κ2) is 5.39. The van der Waals surface area contributed by atoms with Crippen molar-refractivity contribution in [3.8, 4) is 0 Å². The fraction of sp³-hybridized carbons (Fsp3) is 0.417. The van der Waals surface area contributed by atoms with Crippen molar-refractivity contribution >= 4 is 15.8 Å². The zero-order valence-corrected chi connectivity index (χ0v) is 11.1. The minimum Gasteiger partial charge on any atom is -0.355 e. The van der Waals surface area contributed by atoms with Crippen molar-refractivity contribution in [3.05, 3.63) is 30.3 Å². The standard InChI is InChI=1S/C12H17N3O2S/c1-10-9-14-12(15-10)13-7-8-18(16,17)11-5-3-2-4-6-11/h2-6,10H,7-9H2,1H3,(H2,13,14,15). The lowest BCUT2D eigenvalue weighted by atomic mass is 10.4. The van der Waals surface area contributed by atoms with Gasteiger partial charge in [-0.05, 0) is 19.1 Å². The number of hydrogen-bond donors (Lipinski definition) is 2. The first-order valence-corrected chi connectivity index (χ1v) is 7.56. The van der Waals surface area contributed by atoms with Gasteiger partial charge < -0.3 is 10.6 Å². The number of nitrogens with one attached hydrogen (secondary N) is 2. The molecular weight excluding hydrogens is 250 g/mol. The summed E-state index contributed by atoms with van der Waals surface area (Å²) in [5.74, 6) is 0.747. The minimum absolute atomic E-state index is 0.0616. The van der Waals surface area contributed by atoms with E-state index in [2.05, 4.69) is 15.6 Å². The summed E-state index contributed by atoms with van der Waals surface area (Å²) in [7, 11) is -3.21. The molecule has 0 amide bonds. The molecule has 2 rings (SSSR count).